The summed E-state index contributed by atoms with van der Waals surface area (Å²) < 4.78 is 5.80. The van der Waals surface area contributed by atoms with Gasteiger partial charge in [-0.25, -0.2) is 0 Å². The van der Waals surface area contributed by atoms with Crippen LogP contribution in [0.5, 0.6) is 0 Å². The molecule has 1 N–H and O–H groups in total. The molecule has 0 atom stereocenters. The number of piperazine rings is 1. The largest absolute Gasteiger partial charge is 0.419 e. The van der Waals surface area contributed by atoms with Crippen LogP contribution in [-0.2, 0) is 11.3 Å². The van der Waals surface area contributed by atoms with E-state index in [0.29, 0.717) is 24.9 Å². The van der Waals surface area contributed by atoms with E-state index in [1.54, 1.807) is 0 Å². The number of benzene rings is 2. The SMILES string of the molecule is Cc1ccc(NC(=O)CN2CCN(Cc3nnc(-c4ccccc4)o3)CC2)cc1. The highest BCUT2D eigenvalue weighted by atomic mass is 16.4. The average molecular weight is 391 g/mol. The Morgan fingerprint density at radius 2 is 1.66 bits per heavy atom. The second-order valence-electron chi connectivity index (χ2n) is 7.33. The second kappa shape index (κ2) is 8.98. The quantitative estimate of drug-likeness (QED) is 0.697. The van der Waals surface area contributed by atoms with Crippen LogP contribution in [0.25, 0.3) is 11.5 Å². The Kier molecular flexibility index (Phi) is 5.97. The number of amides is 1. The minimum Gasteiger partial charge on any atom is -0.419 e. The molecule has 2 aromatic carbocycles. The normalized spacial score (nSPS) is 15.3. The van der Waals surface area contributed by atoms with Crippen LogP contribution in [-0.4, -0.2) is 58.6 Å². The van der Waals surface area contributed by atoms with E-state index >= 15 is 0 Å². The number of aryl methyl sites for hydroxylation is 1. The van der Waals surface area contributed by atoms with E-state index in [4.69, 9.17) is 4.42 Å². The Morgan fingerprint density at radius 1 is 0.966 bits per heavy atom. The highest BCUT2D eigenvalue weighted by Crippen LogP contribution is 2.18. The fourth-order valence-electron chi connectivity index (χ4n) is 3.35. The maximum Gasteiger partial charge on any atom is 0.247 e. The molecule has 3 aromatic rings. The molecule has 0 aliphatic carbocycles. The maximum absolute atomic E-state index is 12.3. The maximum atomic E-state index is 12.3. The van der Waals surface area contributed by atoms with Crippen LogP contribution in [0.3, 0.4) is 0 Å². The number of carbonyl (C=O) groups is 1. The minimum atomic E-state index is 0.0201. The number of nitrogens with one attached hydrogen (secondary N) is 1. The Morgan fingerprint density at radius 3 is 2.38 bits per heavy atom. The van der Waals surface area contributed by atoms with Gasteiger partial charge in [0.05, 0.1) is 13.1 Å². The van der Waals surface area contributed by atoms with Crippen LogP contribution in [0.15, 0.2) is 59.0 Å². The van der Waals surface area contributed by atoms with Gasteiger partial charge in [0.1, 0.15) is 0 Å². The van der Waals surface area contributed by atoms with Crippen molar-refractivity contribution in [1.29, 1.82) is 0 Å². The summed E-state index contributed by atoms with van der Waals surface area (Å²) in [5.41, 5.74) is 2.94. The van der Waals surface area contributed by atoms with Crippen LogP contribution in [0.1, 0.15) is 11.5 Å². The van der Waals surface area contributed by atoms with Gasteiger partial charge in [-0.15, -0.1) is 10.2 Å². The van der Waals surface area contributed by atoms with Gasteiger partial charge in [0.2, 0.25) is 17.7 Å². The third-order valence-electron chi connectivity index (χ3n) is 5.01. The molecule has 4 rings (SSSR count). The fraction of sp³-hybridized carbons (Fsp3) is 0.318. The number of anilines is 1. The predicted molar refractivity (Wildman–Crippen MR) is 111 cm³/mol. The molecule has 1 saturated heterocycles. The molecule has 1 fully saturated rings. The van der Waals surface area contributed by atoms with Gasteiger partial charge >= 0.3 is 0 Å². The first-order valence-corrected chi connectivity index (χ1v) is 9.85. The molecule has 0 spiro atoms. The van der Waals surface area contributed by atoms with Crippen LogP contribution < -0.4 is 5.32 Å². The summed E-state index contributed by atoms with van der Waals surface area (Å²) in [6.07, 6.45) is 0. The standard InChI is InChI=1S/C22H25N5O2/c1-17-7-9-19(10-8-17)23-20(28)15-26-11-13-27(14-12-26)16-21-24-25-22(29-21)18-5-3-2-4-6-18/h2-10H,11-16H2,1H3,(H,23,28). The first-order valence-electron chi connectivity index (χ1n) is 9.85. The van der Waals surface area contributed by atoms with Gasteiger partial charge in [-0.2, -0.15) is 0 Å². The molecule has 1 amide bonds. The van der Waals surface area contributed by atoms with E-state index in [9.17, 15) is 4.79 Å². The number of hydrogen-bond acceptors (Lipinski definition) is 6. The molecular formula is C22H25N5O2. The van der Waals surface area contributed by atoms with Crippen molar-refractivity contribution in [3.8, 4) is 11.5 Å². The zero-order chi connectivity index (χ0) is 20.1. The molecule has 29 heavy (non-hydrogen) atoms. The lowest BCUT2D eigenvalue weighted by Crippen LogP contribution is -2.48. The Bertz CT molecular complexity index is 931. The van der Waals surface area contributed by atoms with Crippen molar-refractivity contribution in [3.05, 3.63) is 66.1 Å². The third-order valence-corrected chi connectivity index (χ3v) is 5.01. The summed E-state index contributed by atoms with van der Waals surface area (Å²) in [5.74, 6) is 1.19. The first kappa shape index (κ1) is 19.3. The van der Waals surface area contributed by atoms with E-state index in [-0.39, 0.29) is 5.91 Å². The molecule has 0 bridgehead atoms. The van der Waals surface area contributed by atoms with Crippen LogP contribution in [0.2, 0.25) is 0 Å². The lowest BCUT2D eigenvalue weighted by atomic mass is 10.2. The van der Waals surface area contributed by atoms with Gasteiger partial charge < -0.3 is 9.73 Å². The number of rotatable bonds is 6. The van der Waals surface area contributed by atoms with Crippen LogP contribution in [0.4, 0.5) is 5.69 Å². The molecule has 1 aliphatic heterocycles. The first-order chi connectivity index (χ1) is 14.2. The molecule has 150 valence electrons. The highest BCUT2D eigenvalue weighted by Gasteiger charge is 2.21. The topological polar surface area (TPSA) is 74.5 Å². The molecule has 0 radical (unpaired) electrons. The summed E-state index contributed by atoms with van der Waals surface area (Å²) in [6, 6.07) is 17.6. The van der Waals surface area contributed by atoms with Crippen molar-refractivity contribution in [2.24, 2.45) is 0 Å². The van der Waals surface area contributed by atoms with Crippen molar-refractivity contribution in [2.75, 3.05) is 38.0 Å². The van der Waals surface area contributed by atoms with Crippen LogP contribution >= 0.6 is 0 Å². The van der Waals surface area contributed by atoms with Crippen molar-refractivity contribution < 1.29 is 9.21 Å². The van der Waals surface area contributed by atoms with Gasteiger partial charge in [-0.05, 0) is 31.2 Å². The van der Waals surface area contributed by atoms with Gasteiger partial charge in [0.15, 0.2) is 0 Å². The molecule has 7 heteroatoms. The zero-order valence-corrected chi connectivity index (χ0v) is 16.5. The predicted octanol–water partition coefficient (Wildman–Crippen LogP) is 2.80. The van der Waals surface area contributed by atoms with Crippen molar-refractivity contribution >= 4 is 11.6 Å². The van der Waals surface area contributed by atoms with Crippen molar-refractivity contribution in [3.63, 3.8) is 0 Å². The Labute approximate surface area is 170 Å². The van der Waals surface area contributed by atoms with E-state index in [1.807, 2.05) is 61.5 Å². The second-order valence-corrected chi connectivity index (χ2v) is 7.33. The molecule has 1 aliphatic rings. The Hall–Kier alpha value is -3.03. The van der Waals surface area contributed by atoms with Gasteiger partial charge in [-0.1, -0.05) is 35.9 Å². The molecule has 1 aromatic heterocycles. The molecule has 0 saturated carbocycles. The minimum absolute atomic E-state index is 0.0201. The number of nitrogens with zero attached hydrogens (tertiary/aromatic N) is 4. The zero-order valence-electron chi connectivity index (χ0n) is 16.5. The average Bonchev–Trinajstić information content (AvgIpc) is 3.20. The van der Waals surface area contributed by atoms with Crippen molar-refractivity contribution in [1.82, 2.24) is 20.0 Å². The third kappa shape index (κ3) is 5.28. The molecular weight excluding hydrogens is 366 g/mol. The smallest absolute Gasteiger partial charge is 0.247 e. The highest BCUT2D eigenvalue weighted by molar-refractivity contribution is 5.92. The Balaban J connectivity index is 1.23. The summed E-state index contributed by atoms with van der Waals surface area (Å²) in [6.45, 7) is 6.45. The lowest BCUT2D eigenvalue weighted by molar-refractivity contribution is -0.117. The molecule has 7 nitrogen and oxygen atoms in total. The van der Waals surface area contributed by atoms with Gasteiger partial charge in [0.25, 0.3) is 0 Å². The number of aromatic nitrogens is 2. The summed E-state index contributed by atoms with van der Waals surface area (Å²) >= 11 is 0. The monoisotopic (exact) mass is 391 g/mol. The number of carbonyl (C=O) groups excluding carboxylic acids is 1. The summed E-state index contributed by atoms with van der Waals surface area (Å²) in [5, 5.41) is 11.3. The fourth-order valence-corrected chi connectivity index (χ4v) is 3.35. The van der Waals surface area contributed by atoms with Gasteiger partial charge in [0, 0.05) is 37.4 Å². The molecule has 0 unspecified atom stereocenters. The van der Waals surface area contributed by atoms with E-state index in [0.717, 1.165) is 37.4 Å². The van der Waals surface area contributed by atoms with E-state index in [1.165, 1.54) is 5.56 Å². The van der Waals surface area contributed by atoms with Crippen LogP contribution in [0, 0.1) is 6.92 Å². The van der Waals surface area contributed by atoms with E-state index < -0.39 is 0 Å². The number of hydrogen-bond donors (Lipinski definition) is 1. The van der Waals surface area contributed by atoms with Gasteiger partial charge in [-0.3, -0.25) is 14.6 Å². The molecule has 2 heterocycles. The summed E-state index contributed by atoms with van der Waals surface area (Å²) in [4.78, 5) is 16.7. The van der Waals surface area contributed by atoms with Crippen molar-refractivity contribution in [2.45, 2.75) is 13.5 Å². The van der Waals surface area contributed by atoms with E-state index in [2.05, 4.69) is 25.3 Å². The lowest BCUT2D eigenvalue weighted by Gasteiger charge is -2.33. The summed E-state index contributed by atoms with van der Waals surface area (Å²) in [7, 11) is 0.